The van der Waals surface area contributed by atoms with Crippen molar-refractivity contribution in [3.8, 4) is 0 Å². The SMILES string of the molecule is CCc1nc(NC)cc(NCCc2nncn2C)n1. The fourth-order valence-electron chi connectivity index (χ4n) is 1.71. The lowest BCUT2D eigenvalue weighted by molar-refractivity contribution is 0.786. The Morgan fingerprint density at radius 2 is 2.05 bits per heavy atom. The van der Waals surface area contributed by atoms with Crippen molar-refractivity contribution < 1.29 is 0 Å². The van der Waals surface area contributed by atoms with Gasteiger partial charge < -0.3 is 15.2 Å². The molecule has 0 radical (unpaired) electrons. The van der Waals surface area contributed by atoms with Gasteiger partial charge in [-0.1, -0.05) is 6.92 Å². The standard InChI is InChI=1S/C12H19N7/c1-4-9-16-10(13-2)7-11(17-9)14-6-5-12-18-15-8-19(12)3/h7-8H,4-6H2,1-3H3,(H2,13,14,16,17). The molecule has 0 saturated carbocycles. The summed E-state index contributed by atoms with van der Waals surface area (Å²) in [6.45, 7) is 2.80. The molecule has 0 amide bonds. The largest absolute Gasteiger partial charge is 0.373 e. The van der Waals surface area contributed by atoms with Crippen molar-refractivity contribution >= 4 is 11.6 Å². The Bertz CT molecular complexity index is 512. The molecule has 0 aromatic carbocycles. The molecule has 19 heavy (non-hydrogen) atoms. The van der Waals surface area contributed by atoms with Gasteiger partial charge >= 0.3 is 0 Å². The lowest BCUT2D eigenvalue weighted by Gasteiger charge is -2.08. The van der Waals surface area contributed by atoms with Crippen molar-refractivity contribution in [1.82, 2.24) is 24.7 Å². The van der Waals surface area contributed by atoms with E-state index in [1.165, 1.54) is 0 Å². The first-order chi connectivity index (χ1) is 9.22. The van der Waals surface area contributed by atoms with Crippen LogP contribution in [0.1, 0.15) is 18.6 Å². The van der Waals surface area contributed by atoms with Crippen LogP contribution in [0.5, 0.6) is 0 Å². The fourth-order valence-corrected chi connectivity index (χ4v) is 1.71. The third-order valence-electron chi connectivity index (χ3n) is 2.80. The van der Waals surface area contributed by atoms with Crippen molar-refractivity contribution in [3.05, 3.63) is 24.0 Å². The molecule has 0 atom stereocenters. The van der Waals surface area contributed by atoms with Gasteiger partial charge in [0.05, 0.1) is 0 Å². The third-order valence-corrected chi connectivity index (χ3v) is 2.80. The molecule has 0 saturated heterocycles. The van der Waals surface area contributed by atoms with E-state index in [2.05, 4.69) is 30.8 Å². The number of nitrogens with one attached hydrogen (secondary N) is 2. The van der Waals surface area contributed by atoms with Crippen LogP contribution in [0.15, 0.2) is 12.4 Å². The van der Waals surface area contributed by atoms with E-state index in [4.69, 9.17) is 0 Å². The number of aromatic nitrogens is 5. The summed E-state index contributed by atoms with van der Waals surface area (Å²) in [5, 5.41) is 14.2. The monoisotopic (exact) mass is 261 g/mol. The maximum atomic E-state index is 4.44. The summed E-state index contributed by atoms with van der Waals surface area (Å²) in [6, 6.07) is 1.90. The van der Waals surface area contributed by atoms with E-state index in [0.29, 0.717) is 0 Å². The number of rotatable bonds is 6. The first-order valence-corrected chi connectivity index (χ1v) is 6.35. The molecule has 7 heteroatoms. The molecule has 102 valence electrons. The Kier molecular flexibility index (Phi) is 4.27. The summed E-state index contributed by atoms with van der Waals surface area (Å²) in [4.78, 5) is 8.79. The molecule has 0 bridgehead atoms. The topological polar surface area (TPSA) is 80.5 Å². The highest BCUT2D eigenvalue weighted by atomic mass is 15.2. The van der Waals surface area contributed by atoms with Crippen LogP contribution in [-0.4, -0.2) is 38.3 Å². The molecule has 0 aliphatic carbocycles. The normalized spacial score (nSPS) is 10.5. The van der Waals surface area contributed by atoms with Crippen molar-refractivity contribution in [2.45, 2.75) is 19.8 Å². The number of aryl methyl sites for hydroxylation is 2. The molecule has 0 unspecified atom stereocenters. The third kappa shape index (κ3) is 3.40. The zero-order valence-electron chi connectivity index (χ0n) is 11.5. The highest BCUT2D eigenvalue weighted by molar-refractivity contribution is 5.47. The van der Waals surface area contributed by atoms with Gasteiger partial charge in [0.2, 0.25) is 0 Å². The number of hydrogen-bond donors (Lipinski definition) is 2. The van der Waals surface area contributed by atoms with Crippen LogP contribution in [-0.2, 0) is 19.9 Å². The summed E-state index contributed by atoms with van der Waals surface area (Å²) in [5.74, 6) is 3.44. The van der Waals surface area contributed by atoms with Gasteiger partial charge in [-0.2, -0.15) is 0 Å². The summed E-state index contributed by atoms with van der Waals surface area (Å²) in [6.07, 6.45) is 3.32. The summed E-state index contributed by atoms with van der Waals surface area (Å²) < 4.78 is 1.91. The number of nitrogens with zero attached hydrogens (tertiary/aromatic N) is 5. The van der Waals surface area contributed by atoms with Crippen molar-refractivity contribution in [2.24, 2.45) is 7.05 Å². The van der Waals surface area contributed by atoms with Gasteiger partial charge in [-0.3, -0.25) is 0 Å². The van der Waals surface area contributed by atoms with Crippen LogP contribution in [0.4, 0.5) is 11.6 Å². The van der Waals surface area contributed by atoms with E-state index in [1.807, 2.05) is 31.7 Å². The smallest absolute Gasteiger partial charge is 0.134 e. The van der Waals surface area contributed by atoms with E-state index in [1.54, 1.807) is 6.33 Å². The molecular weight excluding hydrogens is 242 g/mol. The molecule has 2 heterocycles. The van der Waals surface area contributed by atoms with Crippen LogP contribution in [0, 0.1) is 0 Å². The lowest BCUT2D eigenvalue weighted by Crippen LogP contribution is -2.11. The number of anilines is 2. The van der Waals surface area contributed by atoms with Crippen LogP contribution in [0.2, 0.25) is 0 Å². The van der Waals surface area contributed by atoms with Crippen LogP contribution < -0.4 is 10.6 Å². The molecule has 2 rings (SSSR count). The summed E-state index contributed by atoms with van der Waals surface area (Å²) in [5.41, 5.74) is 0. The molecule has 0 aliphatic rings. The maximum Gasteiger partial charge on any atom is 0.134 e. The molecule has 0 aliphatic heterocycles. The molecule has 0 fully saturated rings. The van der Waals surface area contributed by atoms with Gasteiger partial charge in [-0.15, -0.1) is 10.2 Å². The molecule has 2 aromatic heterocycles. The second kappa shape index (κ2) is 6.12. The van der Waals surface area contributed by atoms with Crippen LogP contribution in [0.3, 0.4) is 0 Å². The Labute approximate surface area is 112 Å². The molecule has 0 spiro atoms. The molecule has 2 N–H and O–H groups in total. The van der Waals surface area contributed by atoms with E-state index in [9.17, 15) is 0 Å². The predicted molar refractivity (Wildman–Crippen MR) is 74.2 cm³/mol. The minimum Gasteiger partial charge on any atom is -0.373 e. The summed E-state index contributed by atoms with van der Waals surface area (Å²) >= 11 is 0. The Balaban J connectivity index is 1.97. The minimum absolute atomic E-state index is 0.760. The van der Waals surface area contributed by atoms with E-state index >= 15 is 0 Å². The second-order valence-corrected chi connectivity index (χ2v) is 4.19. The number of hydrogen-bond acceptors (Lipinski definition) is 6. The predicted octanol–water partition coefficient (Wildman–Crippen LogP) is 0.864. The van der Waals surface area contributed by atoms with Crippen molar-refractivity contribution in [1.29, 1.82) is 0 Å². The van der Waals surface area contributed by atoms with Crippen molar-refractivity contribution in [3.63, 3.8) is 0 Å². The van der Waals surface area contributed by atoms with Gasteiger partial charge in [-0.05, 0) is 0 Å². The second-order valence-electron chi connectivity index (χ2n) is 4.19. The van der Waals surface area contributed by atoms with Gasteiger partial charge in [0.1, 0.15) is 29.6 Å². The van der Waals surface area contributed by atoms with E-state index in [0.717, 1.165) is 42.7 Å². The molecule has 7 nitrogen and oxygen atoms in total. The first kappa shape index (κ1) is 13.3. The quantitative estimate of drug-likeness (QED) is 0.803. The maximum absolute atomic E-state index is 4.44. The minimum atomic E-state index is 0.760. The van der Waals surface area contributed by atoms with Crippen LogP contribution in [0.25, 0.3) is 0 Å². The fraction of sp³-hybridized carbons (Fsp3) is 0.500. The highest BCUT2D eigenvalue weighted by Crippen LogP contribution is 2.11. The zero-order chi connectivity index (χ0) is 13.7. The van der Waals surface area contributed by atoms with Gasteiger partial charge in [0, 0.05) is 39.5 Å². The average molecular weight is 261 g/mol. The van der Waals surface area contributed by atoms with Crippen LogP contribution >= 0.6 is 0 Å². The Morgan fingerprint density at radius 1 is 1.26 bits per heavy atom. The van der Waals surface area contributed by atoms with Gasteiger partial charge in [-0.25, -0.2) is 9.97 Å². The molecular formula is C12H19N7. The Hall–Kier alpha value is -2.18. The van der Waals surface area contributed by atoms with Gasteiger partial charge in [0.25, 0.3) is 0 Å². The van der Waals surface area contributed by atoms with Gasteiger partial charge in [0.15, 0.2) is 0 Å². The van der Waals surface area contributed by atoms with E-state index < -0.39 is 0 Å². The first-order valence-electron chi connectivity index (χ1n) is 6.35. The Morgan fingerprint density at radius 3 is 2.68 bits per heavy atom. The lowest BCUT2D eigenvalue weighted by atomic mass is 10.3. The summed E-state index contributed by atoms with van der Waals surface area (Å²) in [7, 11) is 3.79. The average Bonchev–Trinajstić information content (AvgIpc) is 2.84. The highest BCUT2D eigenvalue weighted by Gasteiger charge is 2.04. The van der Waals surface area contributed by atoms with E-state index in [-0.39, 0.29) is 0 Å². The molecule has 2 aromatic rings. The van der Waals surface area contributed by atoms with Crippen molar-refractivity contribution in [2.75, 3.05) is 24.2 Å². The zero-order valence-corrected chi connectivity index (χ0v) is 11.5.